The van der Waals surface area contributed by atoms with Crippen LogP contribution in [0.5, 0.6) is 0 Å². The molecule has 0 aromatic heterocycles. The average Bonchev–Trinajstić information content (AvgIpc) is 3.04. The van der Waals surface area contributed by atoms with Gasteiger partial charge in [0.05, 0.1) is 11.5 Å². The molecular weight excluding hydrogens is 624 g/mol. The second kappa shape index (κ2) is 14.9. The summed E-state index contributed by atoms with van der Waals surface area (Å²) in [7, 11) is 0. The molecule has 0 heterocycles. The number of nitrogens with one attached hydrogen (secondary N) is 2. The second-order valence-electron chi connectivity index (χ2n) is 19.8. The van der Waals surface area contributed by atoms with Crippen molar-refractivity contribution in [1.82, 2.24) is 10.6 Å². The zero-order chi connectivity index (χ0) is 36.6. The van der Waals surface area contributed by atoms with Crippen molar-refractivity contribution in [2.45, 2.75) is 177 Å². The first-order chi connectivity index (χ1) is 23.4. The van der Waals surface area contributed by atoms with E-state index in [-0.39, 0.29) is 51.0 Å². The molecule has 0 saturated heterocycles. The Balaban J connectivity index is 1.16. The van der Waals surface area contributed by atoms with E-state index in [0.29, 0.717) is 30.1 Å². The average molecular weight is 697 g/mol. The quantitative estimate of drug-likeness (QED) is 0.107. The molecule has 2 amide bonds. The molecule has 4 fully saturated rings. The predicted molar refractivity (Wildman–Crippen MR) is 200 cm³/mol. The monoisotopic (exact) mass is 697 g/mol. The predicted octanol–water partition coefficient (Wildman–Crippen LogP) is 8.98. The molecule has 5 aliphatic carbocycles. The maximum Gasteiger partial charge on any atom is 0.322 e. The SMILES string of the molecule is CC1(C)CC[C@]2(C(=O)NCCCCCCCCCCC(=O)NCC(=O)O)CC[C@]3(C)C(=CC[C@@H]4[C@@]5(C)CC[C@H](O)C(C)(C)[C@@H]5CC[C@]43C)[C@@H]2C1. The topological polar surface area (TPSA) is 116 Å². The molecule has 4 N–H and O–H groups in total. The Morgan fingerprint density at radius 3 is 2.08 bits per heavy atom. The maximum absolute atomic E-state index is 14.4. The molecule has 0 bridgehead atoms. The van der Waals surface area contributed by atoms with Gasteiger partial charge in [-0.05, 0) is 122 Å². The van der Waals surface area contributed by atoms with E-state index in [1.54, 1.807) is 5.57 Å². The van der Waals surface area contributed by atoms with E-state index in [4.69, 9.17) is 5.11 Å². The first-order valence-electron chi connectivity index (χ1n) is 20.6. The van der Waals surface area contributed by atoms with Crippen molar-refractivity contribution in [2.75, 3.05) is 13.1 Å². The van der Waals surface area contributed by atoms with Crippen LogP contribution in [0.4, 0.5) is 0 Å². The summed E-state index contributed by atoms with van der Waals surface area (Å²) in [6.07, 6.45) is 22.3. The number of hydrogen-bond donors (Lipinski definition) is 4. The Kier molecular flexibility index (Phi) is 11.7. The normalized spacial score (nSPS) is 38.4. The Labute approximate surface area is 304 Å². The molecule has 0 aromatic rings. The smallest absolute Gasteiger partial charge is 0.322 e. The number of carbonyl (C=O) groups is 3. The second-order valence-corrected chi connectivity index (χ2v) is 19.8. The number of aliphatic hydroxyl groups is 1. The number of rotatable bonds is 14. The van der Waals surface area contributed by atoms with Crippen LogP contribution in [0, 0.1) is 50.2 Å². The summed E-state index contributed by atoms with van der Waals surface area (Å²) >= 11 is 0. The maximum atomic E-state index is 14.4. The first kappa shape index (κ1) is 39.3. The van der Waals surface area contributed by atoms with Gasteiger partial charge in [0.1, 0.15) is 6.54 Å². The van der Waals surface area contributed by atoms with Gasteiger partial charge >= 0.3 is 5.97 Å². The molecule has 0 spiro atoms. The number of hydrogen-bond acceptors (Lipinski definition) is 4. The molecule has 7 nitrogen and oxygen atoms in total. The molecule has 5 aliphatic rings. The van der Waals surface area contributed by atoms with Gasteiger partial charge in [-0.25, -0.2) is 0 Å². The summed E-state index contributed by atoms with van der Waals surface area (Å²) in [6, 6.07) is 0. The zero-order valence-electron chi connectivity index (χ0n) is 32.9. The van der Waals surface area contributed by atoms with Crippen molar-refractivity contribution >= 4 is 17.8 Å². The lowest BCUT2D eigenvalue weighted by atomic mass is 9.33. The largest absolute Gasteiger partial charge is 0.480 e. The minimum atomic E-state index is -1.01. The number of aliphatic carboxylic acids is 1. The summed E-state index contributed by atoms with van der Waals surface area (Å²) in [5.74, 6) is 0.616. The van der Waals surface area contributed by atoms with E-state index in [2.05, 4.69) is 65.2 Å². The lowest BCUT2D eigenvalue weighted by molar-refractivity contribution is -0.203. The molecule has 4 saturated carbocycles. The number of aliphatic hydroxyl groups excluding tert-OH is 1. The summed E-state index contributed by atoms with van der Waals surface area (Å²) < 4.78 is 0. The number of carboxylic acid groups (broad SMARTS) is 1. The van der Waals surface area contributed by atoms with E-state index >= 15 is 0 Å². The van der Waals surface area contributed by atoms with E-state index in [0.717, 1.165) is 103 Å². The lowest BCUT2D eigenvalue weighted by Gasteiger charge is -2.71. The van der Waals surface area contributed by atoms with Crippen LogP contribution >= 0.6 is 0 Å². The number of unbranched alkanes of at least 4 members (excludes halogenated alkanes) is 7. The standard InChI is InChI=1S/C43H72N2O5/c1-38(2)23-25-43(37(50)44-27-15-13-11-9-8-10-12-14-16-35(47)45-29-36(48)49)26-24-41(6)30(31(43)28-38)17-18-33-40(5)21-20-34(46)39(3,4)32(40)19-22-42(33,41)7/h17,31-34,46H,8-16,18-29H2,1-7H3,(H,44,50)(H,45,47)(H,48,49)/t31-,32-,33+,34-,40-,41+,42+,43-/m0/s1. The van der Waals surface area contributed by atoms with Crippen molar-refractivity contribution < 1.29 is 24.6 Å². The van der Waals surface area contributed by atoms with Crippen LogP contribution in [0.2, 0.25) is 0 Å². The van der Waals surface area contributed by atoms with Gasteiger partial charge in [0, 0.05) is 13.0 Å². The molecule has 0 radical (unpaired) electrons. The number of fused-ring (bicyclic) bond motifs is 7. The number of allylic oxidation sites excluding steroid dienone is 2. The van der Waals surface area contributed by atoms with E-state index in [1.807, 2.05) is 0 Å². The highest BCUT2D eigenvalue weighted by atomic mass is 16.4. The highest BCUT2D eigenvalue weighted by Gasteiger charge is 2.69. The van der Waals surface area contributed by atoms with Crippen molar-refractivity contribution in [2.24, 2.45) is 50.2 Å². The third kappa shape index (κ3) is 7.21. The summed E-state index contributed by atoms with van der Waals surface area (Å²) in [6.45, 7) is 17.8. The third-order valence-electron chi connectivity index (χ3n) is 16.1. The van der Waals surface area contributed by atoms with Gasteiger partial charge < -0.3 is 20.8 Å². The van der Waals surface area contributed by atoms with Crippen LogP contribution < -0.4 is 10.6 Å². The molecule has 8 atom stereocenters. The van der Waals surface area contributed by atoms with Crippen molar-refractivity contribution in [3.8, 4) is 0 Å². The van der Waals surface area contributed by atoms with E-state index < -0.39 is 5.97 Å². The van der Waals surface area contributed by atoms with Crippen LogP contribution in [0.15, 0.2) is 11.6 Å². The minimum Gasteiger partial charge on any atom is -0.480 e. The third-order valence-corrected chi connectivity index (χ3v) is 16.1. The molecule has 50 heavy (non-hydrogen) atoms. The summed E-state index contributed by atoms with van der Waals surface area (Å²) in [5.41, 5.74) is 2.10. The Bertz CT molecular complexity index is 1290. The molecule has 0 aliphatic heterocycles. The Hall–Kier alpha value is -1.89. The Morgan fingerprint density at radius 1 is 0.760 bits per heavy atom. The highest BCUT2D eigenvalue weighted by Crippen LogP contribution is 2.75. The fourth-order valence-electron chi connectivity index (χ4n) is 12.7. The Morgan fingerprint density at radius 2 is 1.40 bits per heavy atom. The van der Waals surface area contributed by atoms with Crippen LogP contribution in [0.3, 0.4) is 0 Å². The minimum absolute atomic E-state index is 0.0420. The van der Waals surface area contributed by atoms with Gasteiger partial charge in [0.15, 0.2) is 0 Å². The van der Waals surface area contributed by atoms with Gasteiger partial charge in [-0.15, -0.1) is 0 Å². The molecule has 5 rings (SSSR count). The molecule has 0 aromatic carbocycles. The fourth-order valence-corrected chi connectivity index (χ4v) is 12.7. The van der Waals surface area contributed by atoms with Crippen LogP contribution in [0.1, 0.15) is 170 Å². The summed E-state index contributed by atoms with van der Waals surface area (Å²) in [4.78, 5) is 36.6. The molecule has 284 valence electrons. The fraction of sp³-hybridized carbons (Fsp3) is 0.884. The summed E-state index contributed by atoms with van der Waals surface area (Å²) in [5, 5.41) is 25.6. The number of carbonyl (C=O) groups excluding carboxylic acids is 2. The van der Waals surface area contributed by atoms with Gasteiger partial charge in [-0.3, -0.25) is 14.4 Å². The van der Waals surface area contributed by atoms with Crippen molar-refractivity contribution in [3.63, 3.8) is 0 Å². The van der Waals surface area contributed by atoms with Crippen LogP contribution in [-0.2, 0) is 14.4 Å². The van der Waals surface area contributed by atoms with Crippen LogP contribution in [-0.4, -0.2) is 47.2 Å². The van der Waals surface area contributed by atoms with Crippen LogP contribution in [0.25, 0.3) is 0 Å². The molecular formula is C43H72N2O5. The van der Waals surface area contributed by atoms with Gasteiger partial charge in [-0.1, -0.05) is 98.6 Å². The first-order valence-corrected chi connectivity index (χ1v) is 20.6. The van der Waals surface area contributed by atoms with E-state index in [1.165, 1.54) is 19.3 Å². The van der Waals surface area contributed by atoms with Gasteiger partial charge in [0.2, 0.25) is 11.8 Å². The van der Waals surface area contributed by atoms with Crippen molar-refractivity contribution in [3.05, 3.63) is 11.6 Å². The molecule has 7 heteroatoms. The van der Waals surface area contributed by atoms with Crippen molar-refractivity contribution in [1.29, 1.82) is 0 Å². The lowest BCUT2D eigenvalue weighted by Crippen LogP contribution is -2.65. The number of amides is 2. The molecule has 0 unspecified atom stereocenters. The van der Waals surface area contributed by atoms with E-state index in [9.17, 15) is 19.5 Å². The van der Waals surface area contributed by atoms with Gasteiger partial charge in [-0.2, -0.15) is 0 Å². The zero-order valence-corrected chi connectivity index (χ0v) is 32.9. The number of carboxylic acids is 1. The van der Waals surface area contributed by atoms with Gasteiger partial charge in [0.25, 0.3) is 0 Å². The highest BCUT2D eigenvalue weighted by molar-refractivity contribution is 5.84.